The van der Waals surface area contributed by atoms with E-state index in [4.69, 9.17) is 18.4 Å². The molecule has 0 aromatic rings. The molecule has 0 aromatic carbocycles. The Morgan fingerprint density at radius 2 is 1.42 bits per heavy atom. The fourth-order valence-electron chi connectivity index (χ4n) is 0. The van der Waals surface area contributed by atoms with Gasteiger partial charge >= 0.3 is 15.6 Å². The van der Waals surface area contributed by atoms with Crippen molar-refractivity contribution < 1.29 is 26.1 Å². The second-order valence-electron chi connectivity index (χ2n) is 1.38. The molecule has 0 aromatic heterocycles. The lowest BCUT2D eigenvalue weighted by Crippen LogP contribution is -2.21. The van der Waals surface area contributed by atoms with Crippen LogP contribution in [-0.4, -0.2) is 24.4 Å². The number of halogens is 3. The average molecular weight is 209 g/mol. The Balaban J connectivity index is 0. The molecule has 0 fully saturated rings. The van der Waals surface area contributed by atoms with Gasteiger partial charge in [-0.15, -0.1) is 0 Å². The van der Waals surface area contributed by atoms with Gasteiger partial charge in [0.1, 0.15) is 0 Å². The number of rotatable bonds is 0. The molecular weight excluding hydrogens is 203 g/mol. The number of alkyl halides is 3. The molecule has 0 amide bonds. The van der Waals surface area contributed by atoms with E-state index >= 15 is 0 Å². The van der Waals surface area contributed by atoms with Crippen molar-refractivity contribution in [3.8, 4) is 0 Å². The third kappa shape index (κ3) is 8.97. The van der Waals surface area contributed by atoms with Gasteiger partial charge in [0.15, 0.2) is 5.96 Å². The molecule has 0 saturated carbocycles. The molecule has 12 heavy (non-hydrogen) atoms. The van der Waals surface area contributed by atoms with Crippen LogP contribution in [0.25, 0.3) is 0 Å². The Morgan fingerprint density at radius 3 is 1.42 bits per heavy atom. The van der Waals surface area contributed by atoms with Crippen molar-refractivity contribution in [2.75, 3.05) is 0 Å². The van der Waals surface area contributed by atoms with E-state index in [2.05, 4.69) is 11.5 Å². The largest absolute Gasteiger partial charge is 0.522 e. The predicted molar refractivity (Wildman–Crippen MR) is 33.7 cm³/mol. The molecule has 0 aliphatic heterocycles. The molecule has 0 heterocycles. The summed E-state index contributed by atoms with van der Waals surface area (Å²) >= 11 is 0. The minimum Gasteiger partial charge on any atom is -0.370 e. The quantitative estimate of drug-likeness (QED) is 0.180. The zero-order valence-electron chi connectivity index (χ0n) is 5.46. The summed E-state index contributed by atoms with van der Waals surface area (Å²) in [4.78, 5) is 0. The summed E-state index contributed by atoms with van der Waals surface area (Å²) in [5.41, 5.74) is 3.41. The van der Waals surface area contributed by atoms with E-state index in [0.717, 1.165) is 0 Å². The molecule has 0 aliphatic carbocycles. The Bertz CT molecular complexity index is 240. The highest BCUT2D eigenvalue weighted by Crippen LogP contribution is 2.20. The van der Waals surface area contributed by atoms with Gasteiger partial charge in [0.2, 0.25) is 0 Å². The first kappa shape index (κ1) is 13.6. The summed E-state index contributed by atoms with van der Waals surface area (Å²) in [6.07, 6.45) is 0. The summed E-state index contributed by atoms with van der Waals surface area (Å²) in [5.74, 6) is -0.333. The maximum Gasteiger partial charge on any atom is 0.522 e. The SMILES string of the molecule is N=C(N)N.O=S(=O)(O)C(F)(F)F. The van der Waals surface area contributed by atoms with Gasteiger partial charge in [0.25, 0.3) is 0 Å². The van der Waals surface area contributed by atoms with Crippen molar-refractivity contribution in [2.24, 2.45) is 11.5 Å². The molecule has 0 rings (SSSR count). The van der Waals surface area contributed by atoms with Crippen LogP contribution in [0, 0.1) is 5.41 Å². The van der Waals surface area contributed by atoms with E-state index in [9.17, 15) is 13.2 Å². The number of guanidine groups is 1. The summed E-state index contributed by atoms with van der Waals surface area (Å²) in [5, 5.41) is 6.06. The molecule has 10 heteroatoms. The van der Waals surface area contributed by atoms with Gasteiger partial charge in [-0.2, -0.15) is 21.6 Å². The standard InChI is InChI=1S/CHF3O3S.CH5N3/c2-1(3,4)8(5,6)7;2-1(3)4/h(H,5,6,7);(H5,2,3,4). The predicted octanol–water partition coefficient (Wildman–Crippen LogP) is -0.767. The van der Waals surface area contributed by atoms with Crippen molar-refractivity contribution in [1.29, 1.82) is 5.41 Å². The van der Waals surface area contributed by atoms with Gasteiger partial charge in [-0.3, -0.25) is 9.96 Å². The maximum absolute atomic E-state index is 10.7. The van der Waals surface area contributed by atoms with Crippen molar-refractivity contribution in [1.82, 2.24) is 0 Å². The van der Waals surface area contributed by atoms with Crippen LogP contribution in [0.1, 0.15) is 0 Å². The van der Waals surface area contributed by atoms with E-state index < -0.39 is 15.6 Å². The van der Waals surface area contributed by atoms with Crippen LogP contribution in [0.15, 0.2) is 0 Å². The Morgan fingerprint density at radius 1 is 1.33 bits per heavy atom. The van der Waals surface area contributed by atoms with Crippen LogP contribution < -0.4 is 11.5 Å². The number of nitrogens with two attached hydrogens (primary N) is 2. The van der Waals surface area contributed by atoms with Crippen LogP contribution in [0.2, 0.25) is 0 Å². The monoisotopic (exact) mass is 209 g/mol. The third-order valence-electron chi connectivity index (χ3n) is 0.292. The van der Waals surface area contributed by atoms with Gasteiger partial charge in [-0.05, 0) is 0 Å². The molecule has 6 N–H and O–H groups in total. The second-order valence-corrected chi connectivity index (χ2v) is 2.79. The number of hydrogen-bond acceptors (Lipinski definition) is 3. The van der Waals surface area contributed by atoms with Crippen molar-refractivity contribution >= 4 is 16.1 Å². The Kier molecular flexibility index (Phi) is 4.64. The first-order chi connectivity index (χ1) is 4.98. The van der Waals surface area contributed by atoms with Gasteiger partial charge in [0, 0.05) is 0 Å². The summed E-state index contributed by atoms with van der Waals surface area (Å²) < 4.78 is 57.5. The summed E-state index contributed by atoms with van der Waals surface area (Å²) in [7, 11) is -5.84. The minimum atomic E-state index is -5.84. The second kappa shape index (κ2) is 4.11. The van der Waals surface area contributed by atoms with Gasteiger partial charge in [0.05, 0.1) is 0 Å². The topological polar surface area (TPSA) is 130 Å². The lowest BCUT2D eigenvalue weighted by atomic mass is 11.1. The van der Waals surface area contributed by atoms with Crippen LogP contribution in [0.5, 0.6) is 0 Å². The summed E-state index contributed by atoms with van der Waals surface area (Å²) in [6, 6.07) is 0. The van der Waals surface area contributed by atoms with Crippen LogP contribution >= 0.6 is 0 Å². The molecule has 0 bridgehead atoms. The fraction of sp³-hybridized carbons (Fsp3) is 0.500. The molecule has 74 valence electrons. The molecule has 0 atom stereocenters. The first-order valence-corrected chi connectivity index (χ1v) is 3.55. The van der Waals surface area contributed by atoms with Crippen molar-refractivity contribution in [3.63, 3.8) is 0 Å². The zero-order chi connectivity index (χ0) is 10.6. The number of hydrogen-bond donors (Lipinski definition) is 4. The van der Waals surface area contributed by atoms with E-state index in [1.165, 1.54) is 0 Å². The molecule has 0 unspecified atom stereocenters. The fourth-order valence-corrected chi connectivity index (χ4v) is 0. The number of nitrogens with one attached hydrogen (secondary N) is 1. The van der Waals surface area contributed by atoms with E-state index in [0.29, 0.717) is 0 Å². The lowest BCUT2D eigenvalue weighted by Gasteiger charge is -1.97. The molecule has 0 aliphatic rings. The lowest BCUT2D eigenvalue weighted by molar-refractivity contribution is -0.0510. The van der Waals surface area contributed by atoms with E-state index in [1.807, 2.05) is 0 Å². The first-order valence-electron chi connectivity index (χ1n) is 2.11. The van der Waals surface area contributed by atoms with Gasteiger partial charge in [-0.25, -0.2) is 0 Å². The summed E-state index contributed by atoms with van der Waals surface area (Å²) in [6.45, 7) is 0. The van der Waals surface area contributed by atoms with Crippen LogP contribution in [0.3, 0.4) is 0 Å². The van der Waals surface area contributed by atoms with E-state index in [-0.39, 0.29) is 5.96 Å². The highest BCUT2D eigenvalue weighted by Gasteiger charge is 2.44. The average Bonchev–Trinajstić information content (AvgIpc) is 1.55. The molecule has 0 spiro atoms. The highest BCUT2D eigenvalue weighted by molar-refractivity contribution is 7.86. The third-order valence-corrected chi connectivity index (χ3v) is 0.877. The molecule has 0 radical (unpaired) electrons. The van der Waals surface area contributed by atoms with E-state index in [1.54, 1.807) is 0 Å². The van der Waals surface area contributed by atoms with Crippen LogP contribution in [-0.2, 0) is 10.1 Å². The van der Waals surface area contributed by atoms with Gasteiger partial charge < -0.3 is 11.5 Å². The molecule has 0 saturated heterocycles. The van der Waals surface area contributed by atoms with Crippen molar-refractivity contribution in [3.05, 3.63) is 0 Å². The maximum atomic E-state index is 10.7. The van der Waals surface area contributed by atoms with Crippen molar-refractivity contribution in [2.45, 2.75) is 5.51 Å². The van der Waals surface area contributed by atoms with Crippen LogP contribution in [0.4, 0.5) is 13.2 Å². The Hall–Kier alpha value is -1.03. The van der Waals surface area contributed by atoms with Gasteiger partial charge in [-0.1, -0.05) is 0 Å². The minimum absolute atomic E-state index is 0.333. The zero-order valence-corrected chi connectivity index (χ0v) is 6.28. The normalized spacial score (nSPS) is 11.3. The highest BCUT2D eigenvalue weighted by atomic mass is 32.2. The Labute approximate surface area is 65.6 Å². The molecule has 6 nitrogen and oxygen atoms in total. The smallest absolute Gasteiger partial charge is 0.370 e. The molecular formula is C2H6F3N3O3S.